The number of H-pyrrole nitrogens is 1. The number of carboxylic acid groups (broad SMARTS) is 1. The Kier molecular flexibility index (Phi) is 46.3. The number of imidazole rings is 1. The number of amides is 16. The number of nitrogens with zero attached hydrogens (tertiary/aromatic N) is 5. The summed E-state index contributed by atoms with van der Waals surface area (Å²) in [6, 6.07) is -25.8. The van der Waals surface area contributed by atoms with Gasteiger partial charge in [-0.25, -0.2) is 4.98 Å². The van der Waals surface area contributed by atoms with Gasteiger partial charge in [-0.15, -0.1) is 0 Å². The highest BCUT2D eigenvalue weighted by Crippen LogP contribution is 2.35. The van der Waals surface area contributed by atoms with Crippen LogP contribution in [-0.2, 0) is 126 Å². The molecule has 0 spiro atoms. The van der Waals surface area contributed by atoms with E-state index in [2.05, 4.69) is 84.1 Å². The second-order valence-corrected chi connectivity index (χ2v) is 37.1. The third kappa shape index (κ3) is 32.3. The van der Waals surface area contributed by atoms with Crippen LogP contribution < -0.4 is 86.3 Å². The first kappa shape index (κ1) is 121. The average Bonchev–Trinajstić information content (AvgIpc) is 1.10. The molecule has 16 amide bonds. The molecule has 7 saturated heterocycles. The van der Waals surface area contributed by atoms with Gasteiger partial charge in [0.1, 0.15) is 164 Å². The van der Waals surface area contributed by atoms with Crippen LogP contribution in [0.15, 0.2) is 17.5 Å². The van der Waals surface area contributed by atoms with Crippen molar-refractivity contribution >= 4 is 106 Å². The number of aromatic amines is 1. The zero-order valence-electron chi connectivity index (χ0n) is 82.7. The van der Waals surface area contributed by atoms with Crippen LogP contribution in [0.5, 0.6) is 0 Å². The number of likely N-dealkylation sites (N-methyl/N-ethyl adjacent to an activating group) is 1. The molecule has 828 valence electrons. The fourth-order valence-corrected chi connectivity index (χ4v) is 18.0. The molecular formula is C87H142N22O38. The number of aromatic nitrogens is 2. The van der Waals surface area contributed by atoms with E-state index < -0.39 is 366 Å². The zero-order valence-corrected chi connectivity index (χ0v) is 82.7. The Hall–Kier alpha value is -11.4. The molecule has 0 saturated carbocycles. The molecule has 0 aromatic carbocycles. The summed E-state index contributed by atoms with van der Waals surface area (Å²) in [5.41, 5.74) is 17.8. The van der Waals surface area contributed by atoms with Crippen molar-refractivity contribution in [3.63, 3.8) is 0 Å². The number of likely N-dealkylation sites (tertiary alicyclic amines) is 3. The number of nitrogens with two attached hydrogens (primary N) is 3. The fourth-order valence-electron chi connectivity index (χ4n) is 18.0. The minimum atomic E-state index is -2.31. The van der Waals surface area contributed by atoms with Crippen LogP contribution in [0, 0.1) is 5.92 Å². The molecule has 7 aliphatic heterocycles. The van der Waals surface area contributed by atoms with Gasteiger partial charge in [-0.1, -0.05) is 13.8 Å². The van der Waals surface area contributed by atoms with E-state index in [0.29, 0.717) is 18.5 Å². The fraction of sp³-hybridized carbons (Fsp3) is 0.759. The number of hydrogen-bond donors (Lipinski definition) is 30. The molecule has 1 aromatic heterocycles. The van der Waals surface area contributed by atoms with Gasteiger partial charge >= 0.3 is 5.97 Å². The lowest BCUT2D eigenvalue weighted by atomic mass is 9.94. The predicted molar refractivity (Wildman–Crippen MR) is 496 cm³/mol. The van der Waals surface area contributed by atoms with Crippen molar-refractivity contribution in [2.24, 2.45) is 28.1 Å². The number of carbonyl (C=O) groups is 17. The maximum Gasteiger partial charge on any atom is 0.305 e. The Morgan fingerprint density at radius 3 is 1.39 bits per heavy atom. The Morgan fingerprint density at radius 1 is 0.483 bits per heavy atom. The lowest BCUT2D eigenvalue weighted by Crippen LogP contribution is -2.70. The number of aliphatic hydroxyl groups excluding tert-OH is 12. The second-order valence-electron chi connectivity index (χ2n) is 37.1. The number of rotatable bonds is 50. The van der Waals surface area contributed by atoms with Gasteiger partial charge in [0.25, 0.3) is 0 Å². The first-order chi connectivity index (χ1) is 69.4. The zero-order chi connectivity index (χ0) is 109. The summed E-state index contributed by atoms with van der Waals surface area (Å²) in [7, 11) is 0. The highest BCUT2D eigenvalue weighted by atomic mass is 16.7. The van der Waals surface area contributed by atoms with Gasteiger partial charge in [-0.3, -0.25) is 86.5 Å². The predicted octanol–water partition coefficient (Wildman–Crippen LogP) is -16.9. The average molecular weight is 2100 g/mol. The van der Waals surface area contributed by atoms with Crippen molar-refractivity contribution in [1.29, 1.82) is 0 Å². The maximum atomic E-state index is 15.6. The van der Waals surface area contributed by atoms with Crippen molar-refractivity contribution in [2.75, 3.05) is 72.3 Å². The molecule has 7 fully saturated rings. The van der Waals surface area contributed by atoms with E-state index in [1.807, 2.05) is 0 Å². The highest BCUT2D eigenvalue weighted by Gasteiger charge is 2.57. The number of ether oxygens (including phenoxy) is 8. The lowest BCUT2D eigenvalue weighted by Gasteiger charge is -2.48. The largest absolute Gasteiger partial charge is 0.481 e. The van der Waals surface area contributed by atoms with E-state index in [-0.39, 0.29) is 77.7 Å². The monoisotopic (exact) mass is 2100 g/mol. The number of aliphatic imine (C=N–C) groups is 1. The molecule has 34 atom stereocenters. The van der Waals surface area contributed by atoms with E-state index in [1.165, 1.54) is 38.2 Å². The summed E-state index contributed by atoms with van der Waals surface area (Å²) in [5.74, 6) is -19.6. The standard InChI is InChI=1S/C87H142N22O38/c1-11-92-74(131)47-17-13-21-107(47)81(138)36(5)97-75(132)48-18-15-23-109(48)82(139)44(16-12-20-93-87(89)90)101-78(135)57(37(6)140-85-61(100-41(10)117)70(65(124)53(32-114)144-85)147-86-68(127)67(126)63(122)51(30-112)145-86)105-72(129)45(25-55(119)120)102-76(133)49-19-14-22-108(49)80(137)35(4)96-73(130)46(28-110)103-79(136)58(106-77(134)56(34(2)3)104-54(118)27-94-71(128)43(88)24-42-26-91-33-95-42)38(7)141-84-60(99-40(9)116)69(64(123)52(31-113)143-84)146-83-59(98-39(8)115)66(125)62(121)50(29-111)142-83/h26,33-38,43-53,56-70,83-86,110-114,121-127H,11-25,27-32,88H2,1-10H3,(H,91,95)(H,92,131)(H,94,128)(H,96,130)(H,97,132)(H,98,115)(H,99,116)(H,100,117)(H,101,135)(H,102,133)(H,103,136)(H,104,118)(H,105,129)(H,106,134)(H,119,120)(H4,89,90,93)/t35?,36?,37?,38?,43?,44?,45?,46?,47?,48?,49?,50-,51-,52-,53-,56?,57?,58?,59?,60?,61?,62-,63-,64-,65-,66?,67?,68?,69?,70?,83-,84+,85+,86-/m1/s1. The minimum absolute atomic E-state index is 0.00199. The van der Waals surface area contributed by atoms with Crippen LogP contribution in [0.3, 0.4) is 0 Å². The molecule has 60 nitrogen and oxygen atoms in total. The summed E-state index contributed by atoms with van der Waals surface area (Å²) in [4.78, 5) is 254. The Morgan fingerprint density at radius 2 is 0.918 bits per heavy atom. The summed E-state index contributed by atoms with van der Waals surface area (Å²) in [6.07, 6.45) is -35.2. The molecule has 8 rings (SSSR count). The van der Waals surface area contributed by atoms with Crippen molar-refractivity contribution in [1.82, 2.24) is 93.8 Å². The molecule has 1 aromatic rings. The van der Waals surface area contributed by atoms with Crippen LogP contribution in [-0.4, -0.2) is 477 Å². The molecule has 0 aliphatic carbocycles. The van der Waals surface area contributed by atoms with Gasteiger partial charge < -0.3 is 210 Å². The molecule has 0 bridgehead atoms. The van der Waals surface area contributed by atoms with Gasteiger partial charge in [-0.05, 0) is 91.9 Å². The van der Waals surface area contributed by atoms with Crippen LogP contribution in [0.25, 0.3) is 0 Å². The van der Waals surface area contributed by atoms with E-state index in [4.69, 9.17) is 55.1 Å². The summed E-state index contributed by atoms with van der Waals surface area (Å²) in [5, 5.41) is 173. The Labute approximate surface area is 842 Å². The third-order valence-electron chi connectivity index (χ3n) is 25.7. The number of hydrogen-bond acceptors (Lipinski definition) is 40. The summed E-state index contributed by atoms with van der Waals surface area (Å²) >= 11 is 0. The van der Waals surface area contributed by atoms with E-state index >= 15 is 19.2 Å². The number of nitrogens with one attached hydrogen (secondary N) is 14. The van der Waals surface area contributed by atoms with Crippen LogP contribution in [0.1, 0.15) is 133 Å². The quantitative estimate of drug-likeness (QED) is 0.0164. The Bertz CT molecular complexity index is 4690. The van der Waals surface area contributed by atoms with E-state index in [0.717, 1.165) is 51.3 Å². The second kappa shape index (κ2) is 56.3. The molecule has 60 heteroatoms. The summed E-state index contributed by atoms with van der Waals surface area (Å²) in [6.45, 7) is 5.80. The van der Waals surface area contributed by atoms with Crippen LogP contribution >= 0.6 is 0 Å². The van der Waals surface area contributed by atoms with Crippen molar-refractivity contribution in [3.05, 3.63) is 18.2 Å². The van der Waals surface area contributed by atoms with Crippen LogP contribution in [0.2, 0.25) is 0 Å². The molecule has 7 aliphatic rings. The maximum absolute atomic E-state index is 15.6. The third-order valence-corrected chi connectivity index (χ3v) is 25.7. The molecule has 22 unspecified atom stereocenters. The number of carboxylic acids is 1. The van der Waals surface area contributed by atoms with Gasteiger partial charge in [0.2, 0.25) is 94.5 Å². The minimum Gasteiger partial charge on any atom is -0.481 e. The van der Waals surface area contributed by atoms with Gasteiger partial charge in [0.15, 0.2) is 31.1 Å². The van der Waals surface area contributed by atoms with E-state index in [1.54, 1.807) is 6.92 Å². The number of carbonyl (C=O) groups excluding carboxylic acids is 16. The molecule has 0 radical (unpaired) electrons. The topological polar surface area (TPSA) is 912 Å². The van der Waals surface area contributed by atoms with Gasteiger partial charge in [0, 0.05) is 71.8 Å². The van der Waals surface area contributed by atoms with E-state index in [9.17, 15) is 129 Å². The number of guanidine groups is 1. The molecule has 147 heavy (non-hydrogen) atoms. The molecular weight excluding hydrogens is 1960 g/mol. The van der Waals surface area contributed by atoms with Gasteiger partial charge in [0.05, 0.1) is 70.6 Å². The van der Waals surface area contributed by atoms with Crippen molar-refractivity contribution < 1.29 is 186 Å². The molecule has 8 heterocycles. The highest BCUT2D eigenvalue weighted by molar-refractivity contribution is 6.01. The SMILES string of the molecule is CCNC(=O)C1CCCN1C(=O)C(C)NC(=O)C1CCCN1C(=O)C(CCCN=C(N)N)NC(=O)C(NC(=O)C(CC(=O)O)NC(=O)C1CCCN1C(=O)C(C)NC(=O)C(CO)NC(=O)C(NC(=O)C(NC(=O)CNC(=O)C(N)Cc1cnc[nH]1)C(C)C)C(C)O[C@H]1O[C@H](CO)[C@@H](O)C(O[C@H]2O[C@H](CO)[C@@H](O)C(O)C2NC(C)=O)C1NC(C)=O)C(C)O[C@H]1O[C@H](CO)[C@@H](O)C(O[C@H]2O[C@H](CO)[C@@H](O)C(O)C2O)C1NC(C)=O. The summed E-state index contributed by atoms with van der Waals surface area (Å²) < 4.78 is 48.0. The number of aliphatic hydroxyl groups is 12. The Balaban J connectivity index is 1.07. The lowest BCUT2D eigenvalue weighted by molar-refractivity contribution is -0.347. The van der Waals surface area contributed by atoms with Gasteiger partial charge in [-0.2, -0.15) is 0 Å². The first-order valence-electron chi connectivity index (χ1n) is 48.2. The molecule has 33 N–H and O–H groups in total. The van der Waals surface area contributed by atoms with Crippen molar-refractivity contribution in [2.45, 2.75) is 341 Å². The van der Waals surface area contributed by atoms with Crippen molar-refractivity contribution in [3.8, 4) is 0 Å². The smallest absolute Gasteiger partial charge is 0.305 e. The number of aliphatic carboxylic acids is 1. The van der Waals surface area contributed by atoms with Crippen LogP contribution in [0.4, 0.5) is 0 Å². The first-order valence-corrected chi connectivity index (χ1v) is 48.2. The normalized spacial score (nSPS) is 29.3.